The van der Waals surface area contributed by atoms with Gasteiger partial charge in [-0.2, -0.15) is 0 Å². The van der Waals surface area contributed by atoms with E-state index >= 15 is 0 Å². The number of carbonyl (C=O) groups is 1. The second-order valence-corrected chi connectivity index (χ2v) is 7.68. The summed E-state index contributed by atoms with van der Waals surface area (Å²) in [6, 6.07) is 13.9. The van der Waals surface area contributed by atoms with Crippen LogP contribution >= 0.6 is 0 Å². The number of carbonyl (C=O) groups excluding carboxylic acids is 1. The molecule has 0 bridgehead atoms. The van der Waals surface area contributed by atoms with Crippen LogP contribution in [0.3, 0.4) is 0 Å². The van der Waals surface area contributed by atoms with E-state index in [1.54, 1.807) is 4.68 Å². The van der Waals surface area contributed by atoms with Crippen molar-refractivity contribution in [3.05, 3.63) is 59.9 Å². The molecule has 0 radical (unpaired) electrons. The molecule has 1 fully saturated rings. The van der Waals surface area contributed by atoms with Gasteiger partial charge < -0.3 is 10.1 Å². The zero-order chi connectivity index (χ0) is 20.9. The molecule has 1 amide bonds. The molecule has 8 heteroatoms. The van der Waals surface area contributed by atoms with Gasteiger partial charge in [-0.05, 0) is 53.6 Å². The molecule has 0 spiro atoms. The molecule has 0 saturated carbocycles. The lowest BCUT2D eigenvalue weighted by atomic mass is 10.0. The molecule has 2 heterocycles. The first-order valence-electron chi connectivity index (χ1n) is 10.1. The van der Waals surface area contributed by atoms with Crippen molar-refractivity contribution in [2.75, 3.05) is 32.8 Å². The van der Waals surface area contributed by atoms with Crippen molar-refractivity contribution in [3.8, 4) is 16.8 Å². The average Bonchev–Trinajstić information content (AvgIpc) is 3.29. The first-order chi connectivity index (χ1) is 14.6. The van der Waals surface area contributed by atoms with Crippen LogP contribution in [-0.4, -0.2) is 69.9 Å². The van der Waals surface area contributed by atoms with Gasteiger partial charge in [-0.3, -0.25) is 9.69 Å². The molecule has 30 heavy (non-hydrogen) atoms. The molecule has 1 N–H and O–H groups in total. The Morgan fingerprint density at radius 1 is 1.13 bits per heavy atom. The largest absolute Gasteiger partial charge is 0.379 e. The molecule has 0 aliphatic carbocycles. The van der Waals surface area contributed by atoms with Gasteiger partial charge >= 0.3 is 0 Å². The van der Waals surface area contributed by atoms with Crippen LogP contribution in [0.4, 0.5) is 0 Å². The number of amides is 1. The zero-order valence-corrected chi connectivity index (χ0v) is 17.3. The van der Waals surface area contributed by atoms with Crippen LogP contribution in [0.25, 0.3) is 16.8 Å². The van der Waals surface area contributed by atoms with Crippen LogP contribution in [0.2, 0.25) is 0 Å². The first kappa shape index (κ1) is 20.2. The molecule has 1 atom stereocenters. The van der Waals surface area contributed by atoms with Gasteiger partial charge in [-0.25, -0.2) is 4.68 Å². The number of hydrogen-bond donors (Lipinski definition) is 1. The number of rotatable bonds is 6. The maximum Gasteiger partial charge on any atom is 0.251 e. The summed E-state index contributed by atoms with van der Waals surface area (Å²) in [6.07, 6.45) is 1.52. The quantitative estimate of drug-likeness (QED) is 0.675. The van der Waals surface area contributed by atoms with Crippen LogP contribution in [0.15, 0.2) is 48.8 Å². The lowest BCUT2D eigenvalue weighted by Crippen LogP contribution is -2.46. The summed E-state index contributed by atoms with van der Waals surface area (Å²) >= 11 is 0. The second kappa shape index (κ2) is 9.15. The lowest BCUT2D eigenvalue weighted by molar-refractivity contribution is 0.0342. The Morgan fingerprint density at radius 2 is 1.90 bits per heavy atom. The highest BCUT2D eigenvalue weighted by molar-refractivity contribution is 5.96. The number of morpholine rings is 1. The highest BCUT2D eigenvalue weighted by atomic mass is 16.5. The van der Waals surface area contributed by atoms with E-state index < -0.39 is 0 Å². The van der Waals surface area contributed by atoms with E-state index in [-0.39, 0.29) is 11.9 Å². The molecule has 4 rings (SSSR count). The van der Waals surface area contributed by atoms with Crippen molar-refractivity contribution < 1.29 is 9.53 Å². The Hall–Kier alpha value is -3.10. The Labute approximate surface area is 175 Å². The van der Waals surface area contributed by atoms with E-state index in [1.807, 2.05) is 25.1 Å². The standard InChI is InChI=1S/C22H26N6O2/c1-16-3-5-18(6-4-16)19-11-20(13-21(12-19)28-15-23-25-26-28)22(29)24-17(2)14-27-7-9-30-10-8-27/h3-6,11-13,15,17H,7-10,14H2,1-2H3,(H,24,29). The number of benzene rings is 2. The van der Waals surface area contributed by atoms with Gasteiger partial charge in [-0.1, -0.05) is 29.8 Å². The molecule has 1 unspecified atom stereocenters. The Morgan fingerprint density at radius 3 is 2.60 bits per heavy atom. The number of ether oxygens (including phenoxy) is 1. The molecule has 1 aliphatic rings. The molecule has 156 valence electrons. The summed E-state index contributed by atoms with van der Waals surface area (Å²) in [5.74, 6) is -0.112. The van der Waals surface area contributed by atoms with Crippen molar-refractivity contribution >= 4 is 5.91 Å². The minimum absolute atomic E-state index is 0.0233. The lowest BCUT2D eigenvalue weighted by Gasteiger charge is -2.29. The zero-order valence-electron chi connectivity index (χ0n) is 17.3. The summed E-state index contributed by atoms with van der Waals surface area (Å²) in [6.45, 7) is 8.16. The normalized spacial score (nSPS) is 15.7. The third kappa shape index (κ3) is 4.90. The predicted octanol–water partition coefficient (Wildman–Crippen LogP) is 2.09. The van der Waals surface area contributed by atoms with Gasteiger partial charge in [0.1, 0.15) is 6.33 Å². The van der Waals surface area contributed by atoms with Gasteiger partial charge in [0.2, 0.25) is 0 Å². The fraction of sp³-hybridized carbons (Fsp3) is 0.364. The number of aromatic nitrogens is 4. The third-order valence-corrected chi connectivity index (χ3v) is 5.19. The van der Waals surface area contributed by atoms with E-state index in [0.29, 0.717) is 5.56 Å². The maximum absolute atomic E-state index is 13.0. The van der Waals surface area contributed by atoms with E-state index in [9.17, 15) is 4.79 Å². The third-order valence-electron chi connectivity index (χ3n) is 5.19. The molecule has 1 aromatic heterocycles. The van der Waals surface area contributed by atoms with E-state index in [1.165, 1.54) is 11.9 Å². The van der Waals surface area contributed by atoms with Crippen molar-refractivity contribution in [1.82, 2.24) is 30.4 Å². The van der Waals surface area contributed by atoms with E-state index in [4.69, 9.17) is 4.74 Å². The molecule has 1 saturated heterocycles. The number of hydrogen-bond acceptors (Lipinski definition) is 6. The minimum atomic E-state index is -0.112. The highest BCUT2D eigenvalue weighted by Crippen LogP contribution is 2.24. The van der Waals surface area contributed by atoms with Crippen LogP contribution < -0.4 is 5.32 Å². The summed E-state index contributed by atoms with van der Waals surface area (Å²) in [4.78, 5) is 15.4. The van der Waals surface area contributed by atoms with Gasteiger partial charge in [0, 0.05) is 31.2 Å². The molecule has 1 aliphatic heterocycles. The average molecular weight is 406 g/mol. The van der Waals surface area contributed by atoms with Crippen LogP contribution in [0, 0.1) is 6.92 Å². The van der Waals surface area contributed by atoms with Gasteiger partial charge in [0.15, 0.2) is 0 Å². The molecule has 2 aromatic carbocycles. The van der Waals surface area contributed by atoms with Gasteiger partial charge in [-0.15, -0.1) is 5.10 Å². The number of tetrazole rings is 1. The van der Waals surface area contributed by atoms with Crippen molar-refractivity contribution in [2.45, 2.75) is 19.9 Å². The summed E-state index contributed by atoms with van der Waals surface area (Å²) < 4.78 is 6.96. The Bertz CT molecular complexity index is 981. The van der Waals surface area contributed by atoms with Crippen LogP contribution in [0.1, 0.15) is 22.8 Å². The number of nitrogens with zero attached hydrogens (tertiary/aromatic N) is 5. The van der Waals surface area contributed by atoms with Crippen LogP contribution in [-0.2, 0) is 4.74 Å². The molecular formula is C22H26N6O2. The fourth-order valence-corrected chi connectivity index (χ4v) is 3.59. The van der Waals surface area contributed by atoms with Gasteiger partial charge in [0.25, 0.3) is 5.91 Å². The molecular weight excluding hydrogens is 380 g/mol. The highest BCUT2D eigenvalue weighted by Gasteiger charge is 2.17. The summed E-state index contributed by atoms with van der Waals surface area (Å²) in [5.41, 5.74) is 4.47. The smallest absolute Gasteiger partial charge is 0.251 e. The second-order valence-electron chi connectivity index (χ2n) is 7.68. The number of aryl methyl sites for hydroxylation is 1. The van der Waals surface area contributed by atoms with Crippen molar-refractivity contribution in [3.63, 3.8) is 0 Å². The van der Waals surface area contributed by atoms with E-state index in [2.05, 4.69) is 56.9 Å². The summed E-state index contributed by atoms with van der Waals surface area (Å²) in [7, 11) is 0. The predicted molar refractivity (Wildman–Crippen MR) is 114 cm³/mol. The SMILES string of the molecule is Cc1ccc(-c2cc(C(=O)NC(C)CN3CCOCC3)cc(-n3cnnn3)c2)cc1. The monoisotopic (exact) mass is 406 g/mol. The molecule has 3 aromatic rings. The Kier molecular flexibility index (Phi) is 6.15. The Balaban J connectivity index is 1.57. The van der Waals surface area contributed by atoms with Gasteiger partial charge in [0.05, 0.1) is 18.9 Å². The van der Waals surface area contributed by atoms with Crippen LogP contribution in [0.5, 0.6) is 0 Å². The van der Waals surface area contributed by atoms with Crippen molar-refractivity contribution in [1.29, 1.82) is 0 Å². The first-order valence-corrected chi connectivity index (χ1v) is 10.1. The van der Waals surface area contributed by atoms with E-state index in [0.717, 1.165) is 49.7 Å². The summed E-state index contributed by atoms with van der Waals surface area (Å²) in [5, 5.41) is 14.5. The minimum Gasteiger partial charge on any atom is -0.379 e. The number of nitrogens with one attached hydrogen (secondary N) is 1. The maximum atomic E-state index is 13.0. The fourth-order valence-electron chi connectivity index (χ4n) is 3.59. The topological polar surface area (TPSA) is 85.2 Å². The van der Waals surface area contributed by atoms with Crippen molar-refractivity contribution in [2.24, 2.45) is 0 Å². The molecule has 8 nitrogen and oxygen atoms in total.